The quantitative estimate of drug-likeness (QED) is 0.502. The zero-order valence-corrected chi connectivity index (χ0v) is 18.8. The van der Waals surface area contributed by atoms with Gasteiger partial charge in [-0.15, -0.1) is 23.1 Å². The summed E-state index contributed by atoms with van der Waals surface area (Å²) in [6, 6.07) is 11.0. The molecule has 9 heteroatoms. The van der Waals surface area contributed by atoms with Crippen molar-refractivity contribution in [3.8, 4) is 0 Å². The number of carbonyl (C=O) groups is 1. The van der Waals surface area contributed by atoms with Gasteiger partial charge in [-0.3, -0.25) is 4.79 Å². The lowest BCUT2D eigenvalue weighted by molar-refractivity contribution is -0.125. The van der Waals surface area contributed by atoms with Crippen LogP contribution in [0, 0.1) is 12.8 Å². The number of nitrogens with zero attached hydrogens (tertiary/aromatic N) is 1. The summed E-state index contributed by atoms with van der Waals surface area (Å²) in [5.74, 6) is 0.375. The third-order valence-corrected chi connectivity index (χ3v) is 9.15. The summed E-state index contributed by atoms with van der Waals surface area (Å²) in [6.07, 6.45) is 1.41. The molecule has 0 aliphatic carbocycles. The van der Waals surface area contributed by atoms with Crippen molar-refractivity contribution < 1.29 is 13.2 Å². The summed E-state index contributed by atoms with van der Waals surface area (Å²) in [6.45, 7) is 3.14. The topological polar surface area (TPSA) is 66.5 Å². The minimum Gasteiger partial charge on any atom is -0.355 e. The Morgan fingerprint density at radius 1 is 1.29 bits per heavy atom. The van der Waals surface area contributed by atoms with Crippen LogP contribution in [0.5, 0.6) is 0 Å². The first-order valence-corrected chi connectivity index (χ1v) is 12.7. The van der Waals surface area contributed by atoms with Crippen LogP contribution in [-0.4, -0.2) is 44.0 Å². The Labute approximate surface area is 179 Å². The number of thiophene rings is 1. The summed E-state index contributed by atoms with van der Waals surface area (Å²) in [4.78, 5) is 14.6. The zero-order chi connectivity index (χ0) is 20.1. The molecule has 1 unspecified atom stereocenters. The number of thioether (sulfide) groups is 1. The predicted octanol–water partition coefficient (Wildman–Crippen LogP) is 4.02. The lowest BCUT2D eigenvalue weighted by atomic mass is 9.99. The van der Waals surface area contributed by atoms with Gasteiger partial charge in [0.2, 0.25) is 5.91 Å². The van der Waals surface area contributed by atoms with Crippen molar-refractivity contribution in [3.05, 3.63) is 46.3 Å². The number of benzene rings is 1. The number of rotatable bonds is 7. The second-order valence-electron chi connectivity index (χ2n) is 6.66. The Balaban J connectivity index is 1.49. The zero-order valence-electron chi connectivity index (χ0n) is 15.6. The van der Waals surface area contributed by atoms with Crippen LogP contribution in [0.2, 0.25) is 5.02 Å². The number of amides is 1. The molecule has 1 N–H and O–H groups in total. The molecule has 2 heterocycles. The molecule has 3 rings (SSSR count). The van der Waals surface area contributed by atoms with Crippen LogP contribution in [0.1, 0.15) is 17.7 Å². The Hall–Kier alpha value is -1.06. The highest BCUT2D eigenvalue weighted by molar-refractivity contribution is 7.99. The maximum Gasteiger partial charge on any atom is 0.252 e. The van der Waals surface area contributed by atoms with E-state index in [4.69, 9.17) is 11.6 Å². The molecular weight excluding hydrogens is 436 g/mol. The van der Waals surface area contributed by atoms with Gasteiger partial charge in [-0.05, 0) is 56.2 Å². The lowest BCUT2D eigenvalue weighted by Gasteiger charge is -2.30. The van der Waals surface area contributed by atoms with Crippen molar-refractivity contribution in [1.82, 2.24) is 9.62 Å². The van der Waals surface area contributed by atoms with E-state index in [-0.39, 0.29) is 18.4 Å². The Morgan fingerprint density at radius 2 is 2.04 bits per heavy atom. The average Bonchev–Trinajstić information content (AvgIpc) is 3.14. The van der Waals surface area contributed by atoms with Crippen LogP contribution < -0.4 is 5.32 Å². The van der Waals surface area contributed by atoms with Gasteiger partial charge in [0.15, 0.2) is 0 Å². The number of carbonyl (C=O) groups excluding carboxylic acids is 1. The Morgan fingerprint density at radius 3 is 2.71 bits per heavy atom. The van der Waals surface area contributed by atoms with Crippen molar-refractivity contribution in [2.45, 2.75) is 28.9 Å². The van der Waals surface area contributed by atoms with Crippen LogP contribution in [-0.2, 0) is 14.8 Å². The molecule has 28 heavy (non-hydrogen) atoms. The SMILES string of the molecule is Cc1ccc(S(=O)(=O)N2CCCC(C(=O)NCCSc3ccc(Cl)cc3)C2)s1. The number of halogens is 1. The van der Waals surface area contributed by atoms with Crippen molar-refractivity contribution >= 4 is 50.6 Å². The molecule has 1 fully saturated rings. The summed E-state index contributed by atoms with van der Waals surface area (Å²) in [5, 5.41) is 3.65. The molecule has 1 atom stereocenters. The molecule has 1 aromatic heterocycles. The van der Waals surface area contributed by atoms with Crippen molar-refractivity contribution in [2.24, 2.45) is 5.92 Å². The molecule has 1 amide bonds. The monoisotopic (exact) mass is 458 g/mol. The van der Waals surface area contributed by atoms with Crippen molar-refractivity contribution in [3.63, 3.8) is 0 Å². The lowest BCUT2D eigenvalue weighted by Crippen LogP contribution is -2.45. The number of aryl methyl sites for hydroxylation is 1. The van der Waals surface area contributed by atoms with E-state index in [0.717, 1.165) is 15.5 Å². The van der Waals surface area contributed by atoms with Gasteiger partial charge in [-0.25, -0.2) is 8.42 Å². The molecule has 1 saturated heterocycles. The third-order valence-electron chi connectivity index (χ3n) is 4.55. The molecule has 0 saturated carbocycles. The van der Waals surface area contributed by atoms with E-state index >= 15 is 0 Å². The average molecular weight is 459 g/mol. The number of hydrogen-bond acceptors (Lipinski definition) is 5. The molecule has 5 nitrogen and oxygen atoms in total. The largest absolute Gasteiger partial charge is 0.355 e. The smallest absolute Gasteiger partial charge is 0.252 e. The second kappa shape index (κ2) is 9.63. The molecule has 1 aliphatic heterocycles. The molecule has 0 radical (unpaired) electrons. The number of hydrogen-bond donors (Lipinski definition) is 1. The number of sulfonamides is 1. The Kier molecular flexibility index (Phi) is 7.44. The number of nitrogens with one attached hydrogen (secondary N) is 1. The van der Waals surface area contributed by atoms with Gasteiger partial charge < -0.3 is 5.32 Å². The van der Waals surface area contributed by atoms with Gasteiger partial charge in [-0.1, -0.05) is 11.6 Å². The minimum atomic E-state index is -3.52. The van der Waals surface area contributed by atoms with E-state index in [2.05, 4.69) is 5.32 Å². The Bertz CT molecular complexity index is 913. The van der Waals surface area contributed by atoms with Gasteiger partial charge >= 0.3 is 0 Å². The van der Waals surface area contributed by atoms with Crippen LogP contribution >= 0.6 is 34.7 Å². The molecule has 0 spiro atoms. The first-order chi connectivity index (χ1) is 13.4. The second-order valence-corrected chi connectivity index (χ2v) is 11.7. The molecule has 1 aromatic carbocycles. The fourth-order valence-electron chi connectivity index (χ4n) is 3.07. The fraction of sp³-hybridized carbons (Fsp3) is 0.421. The highest BCUT2D eigenvalue weighted by Crippen LogP contribution is 2.28. The van der Waals surface area contributed by atoms with E-state index in [9.17, 15) is 13.2 Å². The van der Waals surface area contributed by atoms with Gasteiger partial charge in [0, 0.05) is 40.2 Å². The van der Waals surface area contributed by atoms with E-state index in [1.165, 1.54) is 15.6 Å². The summed E-state index contributed by atoms with van der Waals surface area (Å²) >= 11 is 8.79. The van der Waals surface area contributed by atoms with Gasteiger partial charge in [0.05, 0.1) is 5.92 Å². The van der Waals surface area contributed by atoms with Gasteiger partial charge in [0.1, 0.15) is 4.21 Å². The first-order valence-electron chi connectivity index (χ1n) is 9.09. The third kappa shape index (κ3) is 5.51. The first kappa shape index (κ1) is 21.6. The summed E-state index contributed by atoms with van der Waals surface area (Å²) < 4.78 is 27.4. The van der Waals surface area contributed by atoms with Crippen LogP contribution in [0.3, 0.4) is 0 Å². The van der Waals surface area contributed by atoms with Crippen LogP contribution in [0.15, 0.2) is 45.5 Å². The highest BCUT2D eigenvalue weighted by Gasteiger charge is 2.33. The minimum absolute atomic E-state index is 0.0704. The van der Waals surface area contributed by atoms with E-state index in [0.29, 0.717) is 35.2 Å². The van der Waals surface area contributed by atoms with E-state index < -0.39 is 10.0 Å². The molecule has 0 bridgehead atoms. The number of piperidine rings is 1. The summed E-state index contributed by atoms with van der Waals surface area (Å²) in [7, 11) is -3.52. The van der Waals surface area contributed by atoms with Crippen LogP contribution in [0.25, 0.3) is 0 Å². The normalized spacial score (nSPS) is 18.1. The van der Waals surface area contributed by atoms with E-state index in [1.807, 2.05) is 37.3 Å². The van der Waals surface area contributed by atoms with Crippen LogP contribution in [0.4, 0.5) is 0 Å². The van der Waals surface area contributed by atoms with E-state index in [1.54, 1.807) is 17.8 Å². The molecular formula is C19H23ClN2O3S3. The van der Waals surface area contributed by atoms with Gasteiger partial charge in [0.25, 0.3) is 10.0 Å². The molecule has 2 aromatic rings. The molecule has 152 valence electrons. The highest BCUT2D eigenvalue weighted by atomic mass is 35.5. The maximum atomic E-state index is 12.8. The predicted molar refractivity (Wildman–Crippen MR) is 116 cm³/mol. The van der Waals surface area contributed by atoms with Gasteiger partial charge in [-0.2, -0.15) is 4.31 Å². The molecule has 1 aliphatic rings. The van der Waals surface area contributed by atoms with Crippen molar-refractivity contribution in [2.75, 3.05) is 25.4 Å². The maximum absolute atomic E-state index is 12.8. The summed E-state index contributed by atoms with van der Waals surface area (Å²) in [5.41, 5.74) is 0. The standard InChI is InChI=1S/C19H23ClN2O3S3/c1-14-4-9-18(27-14)28(24,25)22-11-2-3-15(13-22)19(23)21-10-12-26-17-7-5-16(20)6-8-17/h4-9,15H,2-3,10-13H2,1H3,(H,21,23). The van der Waals surface area contributed by atoms with Crippen molar-refractivity contribution in [1.29, 1.82) is 0 Å². The fourth-order valence-corrected chi connectivity index (χ4v) is 6.93.